The molecule has 120 valence electrons. The highest BCUT2D eigenvalue weighted by Crippen LogP contribution is 2.23. The number of likely N-dealkylation sites (tertiary alicyclic amines) is 1. The second-order valence-electron chi connectivity index (χ2n) is 5.60. The molecule has 1 fully saturated rings. The number of rotatable bonds is 5. The van der Waals surface area contributed by atoms with E-state index < -0.39 is 0 Å². The molecular weight excluding hydrogens is 321 g/mol. The van der Waals surface area contributed by atoms with E-state index in [1.807, 2.05) is 31.3 Å². The first-order valence-corrected chi connectivity index (χ1v) is 7.69. The van der Waals surface area contributed by atoms with Gasteiger partial charge in [-0.15, -0.1) is 12.4 Å². The summed E-state index contributed by atoms with van der Waals surface area (Å²) >= 11 is 6.00. The smallest absolute Gasteiger partial charge is 0.226 e. The number of hydrogen-bond donors (Lipinski definition) is 1. The Hall–Kier alpha value is -1.07. The van der Waals surface area contributed by atoms with Crippen molar-refractivity contribution in [2.75, 3.05) is 26.7 Å². The minimum Gasteiger partial charge on any atom is -0.444 e. The summed E-state index contributed by atoms with van der Waals surface area (Å²) in [5.74, 6) is 1.38. The van der Waals surface area contributed by atoms with Gasteiger partial charge in [0.15, 0.2) is 0 Å². The molecule has 0 radical (unpaired) electrons. The Balaban J connectivity index is 0.00000176. The van der Waals surface area contributed by atoms with E-state index in [1.54, 1.807) is 6.26 Å². The zero-order valence-corrected chi connectivity index (χ0v) is 14.2. The number of hydrogen-bond acceptors (Lipinski definition) is 4. The summed E-state index contributed by atoms with van der Waals surface area (Å²) in [5, 5.41) is 3.95. The fourth-order valence-corrected chi connectivity index (χ4v) is 3.06. The summed E-state index contributed by atoms with van der Waals surface area (Å²) in [6, 6.07) is 7.58. The third kappa shape index (κ3) is 4.23. The van der Waals surface area contributed by atoms with Crippen LogP contribution in [0.1, 0.15) is 12.1 Å². The number of benzene rings is 1. The van der Waals surface area contributed by atoms with Crippen molar-refractivity contribution in [3.05, 3.63) is 41.2 Å². The van der Waals surface area contributed by atoms with Crippen LogP contribution in [0.3, 0.4) is 0 Å². The molecule has 1 atom stereocenters. The van der Waals surface area contributed by atoms with Gasteiger partial charge in [-0.05, 0) is 50.7 Å². The Kier molecular flexibility index (Phi) is 6.26. The van der Waals surface area contributed by atoms with Gasteiger partial charge in [0.25, 0.3) is 0 Å². The second-order valence-corrected chi connectivity index (χ2v) is 6.04. The SMILES string of the molecule is CNCC1CCN(Cc2coc(-c3cccc(Cl)c3)n2)C1.Cl. The molecule has 0 amide bonds. The van der Waals surface area contributed by atoms with Crippen molar-refractivity contribution in [1.82, 2.24) is 15.2 Å². The molecule has 1 aromatic heterocycles. The van der Waals surface area contributed by atoms with Crippen molar-refractivity contribution < 1.29 is 4.42 Å². The number of oxazole rings is 1. The van der Waals surface area contributed by atoms with E-state index in [-0.39, 0.29) is 12.4 Å². The lowest BCUT2D eigenvalue weighted by atomic mass is 10.1. The lowest BCUT2D eigenvalue weighted by Crippen LogP contribution is -2.24. The van der Waals surface area contributed by atoms with Crippen LogP contribution in [0.4, 0.5) is 0 Å². The lowest BCUT2D eigenvalue weighted by Gasteiger charge is -2.13. The molecule has 1 aliphatic heterocycles. The number of nitrogens with zero attached hydrogens (tertiary/aromatic N) is 2. The Labute approximate surface area is 142 Å². The summed E-state index contributed by atoms with van der Waals surface area (Å²) in [4.78, 5) is 7.01. The van der Waals surface area contributed by atoms with E-state index in [9.17, 15) is 0 Å². The van der Waals surface area contributed by atoms with Gasteiger partial charge in [0.2, 0.25) is 5.89 Å². The van der Waals surface area contributed by atoms with Crippen LogP contribution in [-0.4, -0.2) is 36.6 Å². The van der Waals surface area contributed by atoms with Crippen molar-refractivity contribution in [2.45, 2.75) is 13.0 Å². The second kappa shape index (κ2) is 7.97. The van der Waals surface area contributed by atoms with Crippen molar-refractivity contribution in [2.24, 2.45) is 5.92 Å². The molecule has 4 nitrogen and oxygen atoms in total. The first-order valence-electron chi connectivity index (χ1n) is 7.32. The van der Waals surface area contributed by atoms with Gasteiger partial charge in [-0.2, -0.15) is 0 Å². The minimum atomic E-state index is 0. The van der Waals surface area contributed by atoms with E-state index in [0.29, 0.717) is 10.9 Å². The van der Waals surface area contributed by atoms with E-state index in [0.717, 1.165) is 43.4 Å². The quantitative estimate of drug-likeness (QED) is 0.904. The van der Waals surface area contributed by atoms with Crippen LogP contribution in [0.15, 0.2) is 34.9 Å². The highest BCUT2D eigenvalue weighted by Gasteiger charge is 2.22. The van der Waals surface area contributed by atoms with E-state index in [4.69, 9.17) is 16.0 Å². The number of nitrogens with one attached hydrogen (secondary N) is 1. The fourth-order valence-electron chi connectivity index (χ4n) is 2.87. The van der Waals surface area contributed by atoms with Crippen LogP contribution in [-0.2, 0) is 6.54 Å². The molecule has 1 N–H and O–H groups in total. The van der Waals surface area contributed by atoms with Gasteiger partial charge < -0.3 is 9.73 Å². The van der Waals surface area contributed by atoms with E-state index >= 15 is 0 Å². The molecule has 3 rings (SSSR count). The molecule has 0 spiro atoms. The van der Waals surface area contributed by atoms with Crippen LogP contribution in [0, 0.1) is 5.92 Å². The van der Waals surface area contributed by atoms with E-state index in [1.165, 1.54) is 6.42 Å². The van der Waals surface area contributed by atoms with Crippen LogP contribution < -0.4 is 5.32 Å². The fraction of sp³-hybridized carbons (Fsp3) is 0.438. The molecule has 1 aromatic carbocycles. The maximum absolute atomic E-state index is 6.00. The highest BCUT2D eigenvalue weighted by molar-refractivity contribution is 6.30. The summed E-state index contributed by atoms with van der Waals surface area (Å²) in [6.45, 7) is 4.19. The van der Waals surface area contributed by atoms with Gasteiger partial charge in [0.1, 0.15) is 6.26 Å². The summed E-state index contributed by atoms with van der Waals surface area (Å²) < 4.78 is 5.58. The molecule has 2 aromatic rings. The Morgan fingerprint density at radius 2 is 2.32 bits per heavy atom. The normalized spacial score (nSPS) is 18.4. The lowest BCUT2D eigenvalue weighted by molar-refractivity contribution is 0.311. The first-order chi connectivity index (χ1) is 10.2. The predicted octanol–water partition coefficient (Wildman–Crippen LogP) is 3.46. The number of halogens is 2. The third-order valence-corrected chi connectivity index (χ3v) is 4.11. The van der Waals surface area contributed by atoms with Gasteiger partial charge in [0.05, 0.1) is 5.69 Å². The zero-order valence-electron chi connectivity index (χ0n) is 12.6. The minimum absolute atomic E-state index is 0. The maximum Gasteiger partial charge on any atom is 0.226 e. The molecule has 0 bridgehead atoms. The van der Waals surface area contributed by atoms with Gasteiger partial charge in [-0.25, -0.2) is 4.98 Å². The molecule has 6 heteroatoms. The average Bonchev–Trinajstić information content (AvgIpc) is 3.10. The van der Waals surface area contributed by atoms with Gasteiger partial charge in [-0.3, -0.25) is 4.90 Å². The molecule has 1 aliphatic rings. The van der Waals surface area contributed by atoms with Crippen molar-refractivity contribution >= 4 is 24.0 Å². The molecule has 0 saturated carbocycles. The molecule has 1 saturated heterocycles. The van der Waals surface area contributed by atoms with Gasteiger partial charge >= 0.3 is 0 Å². The predicted molar refractivity (Wildman–Crippen MR) is 91.5 cm³/mol. The summed E-state index contributed by atoms with van der Waals surface area (Å²) in [7, 11) is 2.01. The maximum atomic E-state index is 6.00. The first kappa shape index (κ1) is 17.3. The van der Waals surface area contributed by atoms with Crippen LogP contribution in [0.25, 0.3) is 11.5 Å². The van der Waals surface area contributed by atoms with Gasteiger partial charge in [-0.1, -0.05) is 17.7 Å². The standard InChI is InChI=1S/C16H20ClN3O.ClH/c1-18-8-12-5-6-20(9-12)10-15-11-21-16(19-15)13-3-2-4-14(17)7-13;/h2-4,7,11-12,18H,5-6,8-10H2,1H3;1H. The number of aromatic nitrogens is 1. The largest absolute Gasteiger partial charge is 0.444 e. The van der Waals surface area contributed by atoms with Crippen molar-refractivity contribution in [1.29, 1.82) is 0 Å². The van der Waals surface area contributed by atoms with Crippen LogP contribution in [0.5, 0.6) is 0 Å². The monoisotopic (exact) mass is 341 g/mol. The topological polar surface area (TPSA) is 41.3 Å². The molecule has 0 aliphatic carbocycles. The molecule has 1 unspecified atom stereocenters. The van der Waals surface area contributed by atoms with Gasteiger partial charge in [0, 0.05) is 23.7 Å². The van der Waals surface area contributed by atoms with Crippen molar-refractivity contribution in [3.8, 4) is 11.5 Å². The average molecular weight is 342 g/mol. The zero-order chi connectivity index (χ0) is 14.7. The Morgan fingerprint density at radius 1 is 1.45 bits per heavy atom. The molecule has 2 heterocycles. The molecule has 22 heavy (non-hydrogen) atoms. The van der Waals surface area contributed by atoms with Crippen LogP contribution in [0.2, 0.25) is 5.02 Å². The van der Waals surface area contributed by atoms with E-state index in [2.05, 4.69) is 15.2 Å². The van der Waals surface area contributed by atoms with Crippen LogP contribution >= 0.6 is 24.0 Å². The Morgan fingerprint density at radius 3 is 3.09 bits per heavy atom. The highest BCUT2D eigenvalue weighted by atomic mass is 35.5. The van der Waals surface area contributed by atoms with Crippen molar-refractivity contribution in [3.63, 3.8) is 0 Å². The summed E-state index contributed by atoms with van der Waals surface area (Å²) in [6.07, 6.45) is 3.00. The summed E-state index contributed by atoms with van der Waals surface area (Å²) in [5.41, 5.74) is 1.90. The Bertz CT molecular complexity index is 603. The molecular formula is C16H21Cl2N3O. The third-order valence-electron chi connectivity index (χ3n) is 3.87.